The summed E-state index contributed by atoms with van der Waals surface area (Å²) in [6.07, 6.45) is 0. The highest BCUT2D eigenvalue weighted by Crippen LogP contribution is 2.25. The molecule has 1 heterocycles. The molecule has 0 radical (unpaired) electrons. The van der Waals surface area contributed by atoms with Crippen LogP contribution < -0.4 is 5.32 Å². The lowest BCUT2D eigenvalue weighted by molar-refractivity contribution is 0.0937. The Labute approximate surface area is 188 Å². The van der Waals surface area contributed by atoms with Crippen molar-refractivity contribution in [1.29, 1.82) is 0 Å². The minimum atomic E-state index is -3.74. The van der Waals surface area contributed by atoms with Gasteiger partial charge in [-0.15, -0.1) is 0 Å². The van der Waals surface area contributed by atoms with Gasteiger partial charge in [0.25, 0.3) is 5.91 Å². The number of nitrogens with zero attached hydrogens (tertiary/aromatic N) is 3. The molecule has 166 valence electrons. The summed E-state index contributed by atoms with van der Waals surface area (Å²) in [6.45, 7) is 8.12. The molecule has 1 unspecified atom stereocenters. The third-order valence-corrected chi connectivity index (χ3v) is 7.68. The van der Waals surface area contributed by atoms with Crippen molar-refractivity contribution in [1.82, 2.24) is 19.2 Å². The van der Waals surface area contributed by atoms with E-state index in [1.54, 1.807) is 13.8 Å². The molecule has 3 aromatic rings. The molecule has 3 rings (SSSR count). The summed E-state index contributed by atoms with van der Waals surface area (Å²) in [6, 6.07) is 11.3. The molecule has 0 saturated heterocycles. The minimum absolute atomic E-state index is 0.0201. The van der Waals surface area contributed by atoms with Crippen LogP contribution in [0, 0.1) is 0 Å². The Balaban J connectivity index is 1.92. The number of rotatable bonds is 7. The number of carbonyl (C=O) groups is 1. The van der Waals surface area contributed by atoms with E-state index in [0.717, 1.165) is 16.9 Å². The van der Waals surface area contributed by atoms with Crippen LogP contribution in [0.3, 0.4) is 0 Å². The number of para-hydroxylation sites is 2. The van der Waals surface area contributed by atoms with Gasteiger partial charge in [-0.25, -0.2) is 13.4 Å². The van der Waals surface area contributed by atoms with Crippen molar-refractivity contribution >= 4 is 38.6 Å². The van der Waals surface area contributed by atoms with Gasteiger partial charge in [0, 0.05) is 19.6 Å². The summed E-state index contributed by atoms with van der Waals surface area (Å²) in [5, 5.41) is 3.08. The molecule has 1 N–H and O–H groups in total. The molecule has 1 aromatic heterocycles. The topological polar surface area (TPSA) is 84.3 Å². The molecule has 0 bridgehead atoms. The maximum absolute atomic E-state index is 13.0. The molecular weight excluding hydrogens is 436 g/mol. The molecule has 9 heteroatoms. The van der Waals surface area contributed by atoms with Crippen molar-refractivity contribution in [2.45, 2.75) is 51.2 Å². The lowest BCUT2D eigenvalue weighted by Crippen LogP contribution is -2.33. The Bertz CT molecular complexity index is 1220. The van der Waals surface area contributed by atoms with Gasteiger partial charge in [0.15, 0.2) is 0 Å². The second-order valence-corrected chi connectivity index (χ2v) is 10.1. The van der Waals surface area contributed by atoms with E-state index in [-0.39, 0.29) is 21.5 Å². The van der Waals surface area contributed by atoms with E-state index < -0.39 is 22.0 Å². The summed E-state index contributed by atoms with van der Waals surface area (Å²) in [7, 11) is -2.24. The van der Waals surface area contributed by atoms with Crippen molar-refractivity contribution in [2.24, 2.45) is 0 Å². The van der Waals surface area contributed by atoms with Crippen LogP contribution in [0.25, 0.3) is 11.0 Å². The van der Waals surface area contributed by atoms with E-state index in [1.807, 2.05) is 42.7 Å². The number of fused-ring (bicyclic) bond motifs is 1. The number of hydrogen-bond acceptors (Lipinski definition) is 4. The van der Waals surface area contributed by atoms with E-state index in [2.05, 4.69) is 10.3 Å². The minimum Gasteiger partial charge on any atom is -0.342 e. The summed E-state index contributed by atoms with van der Waals surface area (Å²) in [5.74, 6) is 0.257. The Morgan fingerprint density at radius 2 is 1.87 bits per heavy atom. The predicted molar refractivity (Wildman–Crippen MR) is 123 cm³/mol. The Kier molecular flexibility index (Phi) is 6.73. The van der Waals surface area contributed by atoms with Gasteiger partial charge in [-0.2, -0.15) is 4.31 Å². The second-order valence-electron chi connectivity index (χ2n) is 7.65. The van der Waals surface area contributed by atoms with Gasteiger partial charge >= 0.3 is 0 Å². The van der Waals surface area contributed by atoms with Crippen molar-refractivity contribution in [3.63, 3.8) is 0 Å². The molecule has 0 aliphatic heterocycles. The molecule has 0 fully saturated rings. The van der Waals surface area contributed by atoms with Crippen LogP contribution in [0.2, 0.25) is 5.02 Å². The molecule has 2 aromatic carbocycles. The zero-order chi connectivity index (χ0) is 22.9. The lowest BCUT2D eigenvalue weighted by Gasteiger charge is -2.21. The first-order valence-corrected chi connectivity index (χ1v) is 11.9. The summed E-state index contributed by atoms with van der Waals surface area (Å²) < 4.78 is 28.9. The zero-order valence-electron chi connectivity index (χ0n) is 18.3. The molecule has 0 aliphatic rings. The van der Waals surface area contributed by atoms with Crippen molar-refractivity contribution in [3.8, 4) is 0 Å². The number of halogens is 1. The third kappa shape index (κ3) is 4.46. The number of imidazole rings is 1. The van der Waals surface area contributed by atoms with E-state index in [4.69, 9.17) is 11.6 Å². The summed E-state index contributed by atoms with van der Waals surface area (Å²) in [5.41, 5.74) is 1.94. The maximum atomic E-state index is 13.0. The number of sulfonamides is 1. The normalized spacial score (nSPS) is 13.2. The zero-order valence-corrected chi connectivity index (χ0v) is 19.8. The maximum Gasteiger partial charge on any atom is 0.253 e. The van der Waals surface area contributed by atoms with Gasteiger partial charge in [0.1, 0.15) is 5.82 Å². The number of nitrogens with one attached hydrogen (secondary N) is 1. The number of hydrogen-bond donors (Lipinski definition) is 1. The smallest absolute Gasteiger partial charge is 0.253 e. The first kappa shape index (κ1) is 23.2. The van der Waals surface area contributed by atoms with Crippen molar-refractivity contribution in [3.05, 3.63) is 58.9 Å². The number of carbonyl (C=O) groups excluding carboxylic acids is 1. The van der Waals surface area contributed by atoms with Crippen LogP contribution in [0.1, 0.15) is 49.9 Å². The van der Waals surface area contributed by atoms with Crippen molar-refractivity contribution < 1.29 is 13.2 Å². The molecule has 0 saturated carbocycles. The number of benzene rings is 2. The van der Waals surface area contributed by atoms with E-state index >= 15 is 0 Å². The van der Waals surface area contributed by atoms with Gasteiger partial charge in [0.2, 0.25) is 10.0 Å². The van der Waals surface area contributed by atoms with Crippen molar-refractivity contribution in [2.75, 3.05) is 7.05 Å². The van der Waals surface area contributed by atoms with Crippen LogP contribution >= 0.6 is 11.6 Å². The van der Waals surface area contributed by atoms with Crippen LogP contribution in [-0.4, -0.2) is 41.3 Å². The van der Waals surface area contributed by atoms with Gasteiger partial charge in [0.05, 0.1) is 32.6 Å². The van der Waals surface area contributed by atoms with E-state index in [0.29, 0.717) is 6.54 Å². The highest BCUT2D eigenvalue weighted by molar-refractivity contribution is 7.89. The monoisotopic (exact) mass is 462 g/mol. The fourth-order valence-corrected chi connectivity index (χ4v) is 4.98. The number of amides is 1. The van der Waals surface area contributed by atoms with Gasteiger partial charge in [-0.3, -0.25) is 4.79 Å². The third-order valence-electron chi connectivity index (χ3n) is 5.32. The average Bonchev–Trinajstić information content (AvgIpc) is 3.11. The Morgan fingerprint density at radius 1 is 1.19 bits per heavy atom. The Morgan fingerprint density at radius 3 is 2.52 bits per heavy atom. The average molecular weight is 463 g/mol. The van der Waals surface area contributed by atoms with Crippen LogP contribution in [-0.2, 0) is 16.6 Å². The van der Waals surface area contributed by atoms with Crippen LogP contribution in [0.15, 0.2) is 47.4 Å². The molecule has 0 aliphatic carbocycles. The molecule has 0 spiro atoms. The van der Waals surface area contributed by atoms with E-state index in [1.165, 1.54) is 29.6 Å². The number of aromatic nitrogens is 2. The second kappa shape index (κ2) is 8.98. The van der Waals surface area contributed by atoms with Gasteiger partial charge < -0.3 is 9.88 Å². The lowest BCUT2D eigenvalue weighted by atomic mass is 10.2. The number of aryl methyl sites for hydroxylation is 1. The largest absolute Gasteiger partial charge is 0.342 e. The first-order valence-electron chi connectivity index (χ1n) is 10.1. The fraction of sp³-hybridized carbons (Fsp3) is 0.364. The standard InChI is InChI=1S/C22H27ClN4O3S/c1-6-27-20-10-8-7-9-19(20)25-21(27)15(4)24-22(28)17-13-16(11-12-18(17)23)31(29,30)26(5)14(2)3/h7-15H,6H2,1-5H3,(H,24,28). The molecule has 1 atom stereocenters. The summed E-state index contributed by atoms with van der Waals surface area (Å²) in [4.78, 5) is 17.7. The van der Waals surface area contributed by atoms with Gasteiger partial charge in [-0.1, -0.05) is 23.7 Å². The first-order chi connectivity index (χ1) is 14.6. The molecular formula is C22H27ClN4O3S. The Hall–Kier alpha value is -2.42. The molecule has 1 amide bonds. The fourth-order valence-electron chi connectivity index (χ4n) is 3.38. The van der Waals surface area contributed by atoms with Gasteiger partial charge in [-0.05, 0) is 58.0 Å². The highest BCUT2D eigenvalue weighted by Gasteiger charge is 2.26. The molecule has 31 heavy (non-hydrogen) atoms. The van der Waals surface area contributed by atoms with Crippen LogP contribution in [0.4, 0.5) is 0 Å². The summed E-state index contributed by atoms with van der Waals surface area (Å²) >= 11 is 6.25. The highest BCUT2D eigenvalue weighted by atomic mass is 35.5. The predicted octanol–water partition coefficient (Wildman–Crippen LogP) is 4.23. The van der Waals surface area contributed by atoms with Crippen LogP contribution in [0.5, 0.6) is 0 Å². The SMILES string of the molecule is CCn1c(C(C)NC(=O)c2cc(S(=O)(=O)N(C)C(C)C)ccc2Cl)nc2ccccc21. The quantitative estimate of drug-likeness (QED) is 0.569. The molecule has 7 nitrogen and oxygen atoms in total. The van der Waals surface area contributed by atoms with E-state index in [9.17, 15) is 13.2 Å².